The van der Waals surface area contributed by atoms with E-state index in [2.05, 4.69) is 39.6 Å². The number of methoxy groups -OCH3 is 1. The monoisotopic (exact) mass is 376 g/mol. The predicted molar refractivity (Wildman–Crippen MR) is 112 cm³/mol. The van der Waals surface area contributed by atoms with Gasteiger partial charge in [0, 0.05) is 26.7 Å². The van der Waals surface area contributed by atoms with Gasteiger partial charge in [0.25, 0.3) is 0 Å². The molecule has 1 atom stereocenters. The molecule has 0 bridgehead atoms. The molecule has 0 aromatic heterocycles. The van der Waals surface area contributed by atoms with Crippen LogP contribution < -0.4 is 20.1 Å². The average molecular weight is 377 g/mol. The Hall–Kier alpha value is -1.95. The van der Waals surface area contributed by atoms with Gasteiger partial charge in [0.2, 0.25) is 0 Å². The molecular formula is C21H36N4O2. The maximum Gasteiger partial charge on any atom is 0.190 e. The Bertz CT molecular complexity index is 592. The minimum Gasteiger partial charge on any atom is -0.493 e. The molecule has 0 aliphatic carbocycles. The topological polar surface area (TPSA) is 58.1 Å². The summed E-state index contributed by atoms with van der Waals surface area (Å²) in [6, 6.07) is 6.17. The number of ether oxygens (including phenoxy) is 2. The molecule has 2 N–H and O–H groups in total. The van der Waals surface area contributed by atoms with E-state index in [1.165, 1.54) is 25.1 Å². The van der Waals surface area contributed by atoms with E-state index in [0.29, 0.717) is 6.61 Å². The highest BCUT2D eigenvalue weighted by Crippen LogP contribution is 2.28. The predicted octanol–water partition coefficient (Wildman–Crippen LogP) is 2.53. The third kappa shape index (κ3) is 6.94. The van der Waals surface area contributed by atoms with Crippen LogP contribution in [0.25, 0.3) is 0 Å². The molecule has 1 fully saturated rings. The van der Waals surface area contributed by atoms with Gasteiger partial charge < -0.3 is 25.0 Å². The molecule has 6 nitrogen and oxygen atoms in total. The molecule has 0 spiro atoms. The smallest absolute Gasteiger partial charge is 0.190 e. The second kappa shape index (κ2) is 11.7. The zero-order valence-corrected chi connectivity index (χ0v) is 17.4. The standard InChI is InChI=1S/C21H36N4O2/c1-5-25-13-11-18(16-25)15-24-21(22-3)23-12-7-8-17-9-10-19(26-4)20(14-17)27-6-2/h9-10,14,18H,5-8,11-13,15-16H2,1-4H3,(H2,22,23,24). The number of likely N-dealkylation sites (tertiary alicyclic amines) is 1. The maximum absolute atomic E-state index is 5.65. The van der Waals surface area contributed by atoms with Gasteiger partial charge in [-0.05, 0) is 62.9 Å². The lowest BCUT2D eigenvalue weighted by Crippen LogP contribution is -2.40. The van der Waals surface area contributed by atoms with Gasteiger partial charge in [-0.15, -0.1) is 0 Å². The van der Waals surface area contributed by atoms with Crippen LogP contribution in [-0.4, -0.2) is 64.3 Å². The summed E-state index contributed by atoms with van der Waals surface area (Å²) in [5, 5.41) is 6.89. The minimum atomic E-state index is 0.639. The highest BCUT2D eigenvalue weighted by molar-refractivity contribution is 5.79. The zero-order valence-electron chi connectivity index (χ0n) is 17.4. The fourth-order valence-electron chi connectivity index (χ4n) is 3.47. The summed E-state index contributed by atoms with van der Waals surface area (Å²) >= 11 is 0. The van der Waals surface area contributed by atoms with Crippen LogP contribution >= 0.6 is 0 Å². The molecule has 0 saturated carbocycles. The molecular weight excluding hydrogens is 340 g/mol. The van der Waals surface area contributed by atoms with Crippen LogP contribution in [0.5, 0.6) is 11.5 Å². The summed E-state index contributed by atoms with van der Waals surface area (Å²) < 4.78 is 11.0. The number of hydrogen-bond acceptors (Lipinski definition) is 4. The van der Waals surface area contributed by atoms with Crippen molar-refractivity contribution in [1.82, 2.24) is 15.5 Å². The molecule has 2 rings (SSSR count). The van der Waals surface area contributed by atoms with Crippen molar-refractivity contribution in [3.8, 4) is 11.5 Å². The summed E-state index contributed by atoms with van der Waals surface area (Å²) in [5.41, 5.74) is 1.26. The Morgan fingerprint density at radius 1 is 1.26 bits per heavy atom. The van der Waals surface area contributed by atoms with Crippen LogP contribution in [0.2, 0.25) is 0 Å². The van der Waals surface area contributed by atoms with Crippen molar-refractivity contribution >= 4 is 5.96 Å². The number of aryl methyl sites for hydroxylation is 1. The summed E-state index contributed by atoms with van der Waals surface area (Å²) in [4.78, 5) is 6.85. The van der Waals surface area contributed by atoms with Crippen LogP contribution in [0.4, 0.5) is 0 Å². The quantitative estimate of drug-likeness (QED) is 0.373. The van der Waals surface area contributed by atoms with Crippen LogP contribution in [0, 0.1) is 5.92 Å². The lowest BCUT2D eigenvalue weighted by atomic mass is 10.1. The van der Waals surface area contributed by atoms with Crippen molar-refractivity contribution in [2.75, 3.05) is 53.5 Å². The summed E-state index contributed by atoms with van der Waals surface area (Å²) in [7, 11) is 3.51. The number of nitrogens with one attached hydrogen (secondary N) is 2. The molecule has 1 aromatic rings. The van der Waals surface area contributed by atoms with Crippen molar-refractivity contribution in [2.45, 2.75) is 33.1 Å². The van der Waals surface area contributed by atoms with Crippen molar-refractivity contribution < 1.29 is 9.47 Å². The molecule has 1 saturated heterocycles. The molecule has 1 aromatic carbocycles. The molecule has 27 heavy (non-hydrogen) atoms. The Labute approximate surface area is 164 Å². The fourth-order valence-corrected chi connectivity index (χ4v) is 3.47. The molecule has 0 radical (unpaired) electrons. The van der Waals surface area contributed by atoms with E-state index in [4.69, 9.17) is 9.47 Å². The molecule has 1 heterocycles. The number of hydrogen-bond donors (Lipinski definition) is 2. The number of rotatable bonds is 10. The van der Waals surface area contributed by atoms with Gasteiger partial charge >= 0.3 is 0 Å². The normalized spacial score (nSPS) is 17.8. The third-order valence-electron chi connectivity index (χ3n) is 5.06. The van der Waals surface area contributed by atoms with Crippen molar-refractivity contribution in [1.29, 1.82) is 0 Å². The number of aliphatic imine (C=N–C) groups is 1. The first-order chi connectivity index (χ1) is 13.2. The highest BCUT2D eigenvalue weighted by atomic mass is 16.5. The number of guanidine groups is 1. The van der Waals surface area contributed by atoms with Gasteiger partial charge in [-0.1, -0.05) is 13.0 Å². The largest absolute Gasteiger partial charge is 0.493 e. The van der Waals surface area contributed by atoms with E-state index in [1.54, 1.807) is 7.11 Å². The summed E-state index contributed by atoms with van der Waals surface area (Å²) in [6.07, 6.45) is 3.30. The fraction of sp³-hybridized carbons (Fsp3) is 0.667. The van der Waals surface area contributed by atoms with E-state index >= 15 is 0 Å². The van der Waals surface area contributed by atoms with E-state index in [1.807, 2.05) is 20.0 Å². The Kier molecular flexibility index (Phi) is 9.25. The van der Waals surface area contributed by atoms with Gasteiger partial charge in [-0.3, -0.25) is 4.99 Å². The Morgan fingerprint density at radius 2 is 2.11 bits per heavy atom. The molecule has 1 aliphatic heterocycles. The highest BCUT2D eigenvalue weighted by Gasteiger charge is 2.20. The molecule has 1 aliphatic rings. The second-order valence-corrected chi connectivity index (χ2v) is 6.95. The Morgan fingerprint density at radius 3 is 2.78 bits per heavy atom. The zero-order chi connectivity index (χ0) is 19.5. The molecule has 1 unspecified atom stereocenters. The molecule has 6 heteroatoms. The Balaban J connectivity index is 1.69. The first-order valence-electron chi connectivity index (χ1n) is 10.2. The van der Waals surface area contributed by atoms with Gasteiger partial charge in [0.15, 0.2) is 17.5 Å². The lowest BCUT2D eigenvalue weighted by molar-refractivity contribution is 0.310. The van der Waals surface area contributed by atoms with Crippen molar-refractivity contribution in [3.05, 3.63) is 23.8 Å². The molecule has 0 amide bonds. The van der Waals surface area contributed by atoms with Gasteiger partial charge in [0.1, 0.15) is 0 Å². The van der Waals surface area contributed by atoms with E-state index in [0.717, 1.165) is 55.9 Å². The van der Waals surface area contributed by atoms with Gasteiger partial charge in [-0.25, -0.2) is 0 Å². The van der Waals surface area contributed by atoms with Crippen LogP contribution in [-0.2, 0) is 6.42 Å². The van der Waals surface area contributed by atoms with Gasteiger partial charge in [0.05, 0.1) is 13.7 Å². The van der Waals surface area contributed by atoms with E-state index < -0.39 is 0 Å². The SMILES string of the molecule is CCOc1cc(CCCNC(=NC)NCC2CCN(CC)C2)ccc1OC. The number of nitrogens with zero attached hydrogens (tertiary/aromatic N) is 2. The second-order valence-electron chi connectivity index (χ2n) is 6.95. The van der Waals surface area contributed by atoms with Crippen LogP contribution in [0.15, 0.2) is 23.2 Å². The van der Waals surface area contributed by atoms with Crippen LogP contribution in [0.1, 0.15) is 32.3 Å². The first-order valence-corrected chi connectivity index (χ1v) is 10.2. The minimum absolute atomic E-state index is 0.639. The van der Waals surface area contributed by atoms with E-state index in [9.17, 15) is 0 Å². The van der Waals surface area contributed by atoms with E-state index in [-0.39, 0.29) is 0 Å². The average Bonchev–Trinajstić information content (AvgIpc) is 3.16. The van der Waals surface area contributed by atoms with Crippen molar-refractivity contribution in [3.63, 3.8) is 0 Å². The molecule has 152 valence electrons. The van der Waals surface area contributed by atoms with Crippen molar-refractivity contribution in [2.24, 2.45) is 10.9 Å². The summed E-state index contributed by atoms with van der Waals surface area (Å²) in [5.74, 6) is 3.23. The number of benzene rings is 1. The third-order valence-corrected chi connectivity index (χ3v) is 5.06. The maximum atomic E-state index is 5.65. The van der Waals surface area contributed by atoms with Crippen LogP contribution in [0.3, 0.4) is 0 Å². The first kappa shape index (κ1) is 21.4. The lowest BCUT2D eigenvalue weighted by Gasteiger charge is -2.16. The summed E-state index contributed by atoms with van der Waals surface area (Å²) in [6.45, 7) is 10.3. The van der Waals surface area contributed by atoms with Gasteiger partial charge in [-0.2, -0.15) is 0 Å².